The lowest BCUT2D eigenvalue weighted by molar-refractivity contribution is -0.124. The molecule has 7 heteroatoms. The van der Waals surface area contributed by atoms with E-state index in [1.54, 1.807) is 24.3 Å². The van der Waals surface area contributed by atoms with Crippen LogP contribution in [0.15, 0.2) is 59.5 Å². The molecular weight excluding hydrogens is 398 g/mol. The van der Waals surface area contributed by atoms with Gasteiger partial charge in [-0.1, -0.05) is 49.7 Å². The van der Waals surface area contributed by atoms with E-state index in [1.807, 2.05) is 37.3 Å². The summed E-state index contributed by atoms with van der Waals surface area (Å²) in [7, 11) is -3.70. The minimum Gasteiger partial charge on any atom is -0.380 e. The molecule has 0 saturated carbocycles. The predicted octanol–water partition coefficient (Wildman–Crippen LogP) is 3.40. The number of carbonyl (C=O) groups excluding carboxylic acids is 1. The molecule has 2 atom stereocenters. The number of benzene rings is 2. The summed E-state index contributed by atoms with van der Waals surface area (Å²) in [4.78, 5) is 13.2. The second-order valence-corrected chi connectivity index (χ2v) is 10.1. The number of anilines is 1. The number of nitrogens with one attached hydrogen (secondary N) is 2. The van der Waals surface area contributed by atoms with Crippen LogP contribution < -0.4 is 10.6 Å². The van der Waals surface area contributed by atoms with Crippen LogP contribution in [0.3, 0.4) is 0 Å². The van der Waals surface area contributed by atoms with E-state index in [9.17, 15) is 13.2 Å². The molecule has 1 fully saturated rings. The van der Waals surface area contributed by atoms with Crippen molar-refractivity contribution in [1.82, 2.24) is 9.62 Å². The Balaban J connectivity index is 1.67. The zero-order chi connectivity index (χ0) is 21.7. The van der Waals surface area contributed by atoms with Crippen LogP contribution in [0.1, 0.15) is 32.3 Å². The van der Waals surface area contributed by atoms with Crippen molar-refractivity contribution in [2.75, 3.05) is 18.4 Å². The van der Waals surface area contributed by atoms with Gasteiger partial charge in [-0.3, -0.25) is 4.79 Å². The monoisotopic (exact) mass is 429 g/mol. The van der Waals surface area contributed by atoms with Crippen LogP contribution in [0.4, 0.5) is 5.69 Å². The third kappa shape index (κ3) is 5.21. The van der Waals surface area contributed by atoms with Gasteiger partial charge in [0.1, 0.15) is 6.04 Å². The fourth-order valence-corrected chi connectivity index (χ4v) is 5.32. The number of rotatable bonds is 8. The lowest BCUT2D eigenvalue weighted by Gasteiger charge is -2.27. The highest BCUT2D eigenvalue weighted by Gasteiger charge is 2.39. The number of hydrogen-bond donors (Lipinski definition) is 2. The molecule has 2 aromatic carbocycles. The Kier molecular flexibility index (Phi) is 7.15. The zero-order valence-electron chi connectivity index (χ0n) is 17.8. The average Bonchev–Trinajstić information content (AvgIpc) is 3.23. The van der Waals surface area contributed by atoms with Crippen molar-refractivity contribution in [2.24, 2.45) is 5.92 Å². The minimum atomic E-state index is -3.70. The fourth-order valence-electron chi connectivity index (χ4n) is 3.67. The largest absolute Gasteiger partial charge is 0.380 e. The van der Waals surface area contributed by atoms with Gasteiger partial charge in [0.2, 0.25) is 15.9 Å². The first-order chi connectivity index (χ1) is 14.3. The first-order valence-corrected chi connectivity index (χ1v) is 11.9. The van der Waals surface area contributed by atoms with Gasteiger partial charge in [-0.2, -0.15) is 4.31 Å². The summed E-state index contributed by atoms with van der Waals surface area (Å²) in [5, 5.41) is 6.43. The number of sulfonamides is 1. The molecule has 2 aromatic rings. The van der Waals surface area contributed by atoms with Crippen LogP contribution in [-0.2, 0) is 14.8 Å². The average molecular weight is 430 g/mol. The summed E-state index contributed by atoms with van der Waals surface area (Å²) in [5.74, 6) is 0.0603. The van der Waals surface area contributed by atoms with Gasteiger partial charge in [0.15, 0.2) is 0 Å². The smallest absolute Gasteiger partial charge is 0.243 e. The summed E-state index contributed by atoms with van der Waals surface area (Å²) in [6.07, 6.45) is 1.22. The van der Waals surface area contributed by atoms with Crippen LogP contribution in [0, 0.1) is 12.8 Å². The Hall–Kier alpha value is -2.38. The van der Waals surface area contributed by atoms with E-state index < -0.39 is 16.1 Å². The lowest BCUT2D eigenvalue weighted by atomic mass is 10.0. The zero-order valence-corrected chi connectivity index (χ0v) is 18.7. The number of aryl methyl sites for hydroxylation is 1. The number of carbonyl (C=O) groups is 1. The molecule has 1 amide bonds. The van der Waals surface area contributed by atoms with Gasteiger partial charge < -0.3 is 10.6 Å². The van der Waals surface area contributed by atoms with Gasteiger partial charge in [0.05, 0.1) is 4.90 Å². The normalized spacial score (nSPS) is 18.3. The van der Waals surface area contributed by atoms with Crippen molar-refractivity contribution >= 4 is 21.6 Å². The van der Waals surface area contributed by atoms with E-state index in [0.717, 1.165) is 11.3 Å². The van der Waals surface area contributed by atoms with Crippen molar-refractivity contribution in [3.05, 3.63) is 60.2 Å². The van der Waals surface area contributed by atoms with E-state index in [4.69, 9.17) is 0 Å². The second-order valence-electron chi connectivity index (χ2n) is 8.19. The highest BCUT2D eigenvalue weighted by Crippen LogP contribution is 2.26. The molecule has 3 rings (SSSR count). The maximum Gasteiger partial charge on any atom is 0.243 e. The number of nitrogens with zero attached hydrogens (tertiary/aromatic N) is 1. The van der Waals surface area contributed by atoms with Gasteiger partial charge in [-0.25, -0.2) is 8.42 Å². The molecule has 0 spiro atoms. The molecule has 0 radical (unpaired) electrons. The van der Waals surface area contributed by atoms with Crippen molar-refractivity contribution in [1.29, 1.82) is 0 Å². The Morgan fingerprint density at radius 1 is 1.10 bits per heavy atom. The van der Waals surface area contributed by atoms with Crippen molar-refractivity contribution < 1.29 is 13.2 Å². The molecule has 30 heavy (non-hydrogen) atoms. The Labute approximate surface area is 179 Å². The van der Waals surface area contributed by atoms with E-state index in [2.05, 4.69) is 24.5 Å². The van der Waals surface area contributed by atoms with Gasteiger partial charge in [0.25, 0.3) is 0 Å². The molecule has 1 saturated heterocycles. The highest BCUT2D eigenvalue weighted by atomic mass is 32.2. The molecule has 1 aliphatic rings. The molecular formula is C23H31N3O3S. The topological polar surface area (TPSA) is 78.5 Å². The fraction of sp³-hybridized carbons (Fsp3) is 0.435. The van der Waals surface area contributed by atoms with E-state index in [-0.39, 0.29) is 16.8 Å². The summed E-state index contributed by atoms with van der Waals surface area (Å²) in [5.41, 5.74) is 1.99. The van der Waals surface area contributed by atoms with Crippen LogP contribution >= 0.6 is 0 Å². The predicted molar refractivity (Wildman–Crippen MR) is 120 cm³/mol. The standard InChI is InChI=1S/C23H31N3O3S/c1-17(2)21(25-19-8-5-4-6-9-19)16-24-23(27)22-10-7-15-26(22)30(28,29)20-13-11-18(3)12-14-20/h4-6,8-9,11-14,17,21-22,25H,7,10,15-16H2,1-3H3,(H,24,27)/t21?,22-/m0/s1. The van der Waals surface area contributed by atoms with E-state index >= 15 is 0 Å². The van der Waals surface area contributed by atoms with Crippen molar-refractivity contribution in [3.63, 3.8) is 0 Å². The molecule has 0 aromatic heterocycles. The van der Waals surface area contributed by atoms with E-state index in [1.165, 1.54) is 4.31 Å². The van der Waals surface area contributed by atoms with Crippen molar-refractivity contribution in [3.8, 4) is 0 Å². The number of hydrogen-bond acceptors (Lipinski definition) is 4. The first kappa shape index (κ1) is 22.3. The molecule has 0 bridgehead atoms. The van der Waals surface area contributed by atoms with Crippen LogP contribution in [-0.4, -0.2) is 43.8 Å². The maximum absolute atomic E-state index is 13.1. The molecule has 1 unspecified atom stereocenters. The van der Waals surface area contributed by atoms with Crippen LogP contribution in [0.5, 0.6) is 0 Å². The summed E-state index contributed by atoms with van der Waals surface area (Å²) < 4.78 is 27.5. The summed E-state index contributed by atoms with van der Waals surface area (Å²) in [6, 6.07) is 16.0. The van der Waals surface area contributed by atoms with E-state index in [0.29, 0.717) is 31.8 Å². The molecule has 162 valence electrons. The van der Waals surface area contributed by atoms with Crippen LogP contribution in [0.2, 0.25) is 0 Å². The number of amides is 1. The number of para-hydroxylation sites is 1. The Morgan fingerprint density at radius 2 is 1.77 bits per heavy atom. The first-order valence-electron chi connectivity index (χ1n) is 10.5. The Bertz CT molecular complexity index is 943. The van der Waals surface area contributed by atoms with Crippen molar-refractivity contribution in [2.45, 2.75) is 50.6 Å². The van der Waals surface area contributed by atoms with Gasteiger partial charge in [-0.15, -0.1) is 0 Å². The quantitative estimate of drug-likeness (QED) is 0.674. The third-order valence-corrected chi connectivity index (χ3v) is 7.48. The molecule has 1 heterocycles. The van der Waals surface area contributed by atoms with Gasteiger partial charge >= 0.3 is 0 Å². The minimum absolute atomic E-state index is 0.0416. The molecule has 6 nitrogen and oxygen atoms in total. The van der Waals surface area contributed by atoms with Crippen LogP contribution in [0.25, 0.3) is 0 Å². The van der Waals surface area contributed by atoms with Gasteiger partial charge in [-0.05, 0) is 49.9 Å². The lowest BCUT2D eigenvalue weighted by Crippen LogP contribution is -2.49. The summed E-state index contributed by atoms with van der Waals surface area (Å²) in [6.45, 7) is 6.90. The van der Waals surface area contributed by atoms with Gasteiger partial charge in [0, 0.05) is 24.8 Å². The molecule has 1 aliphatic heterocycles. The Morgan fingerprint density at radius 3 is 2.40 bits per heavy atom. The maximum atomic E-state index is 13.1. The SMILES string of the molecule is Cc1ccc(S(=O)(=O)N2CCC[C@H]2C(=O)NCC(Nc2ccccc2)C(C)C)cc1. The summed E-state index contributed by atoms with van der Waals surface area (Å²) >= 11 is 0. The highest BCUT2D eigenvalue weighted by molar-refractivity contribution is 7.89. The third-order valence-electron chi connectivity index (χ3n) is 5.56. The molecule has 2 N–H and O–H groups in total. The second kappa shape index (κ2) is 9.62. The molecule has 0 aliphatic carbocycles.